The number of carbonyl (C=O) groups is 1. The Labute approximate surface area is 86.9 Å². The fourth-order valence-corrected chi connectivity index (χ4v) is 2.22. The highest BCUT2D eigenvalue weighted by Gasteiger charge is 2.48. The first-order chi connectivity index (χ1) is 7.12. The van der Waals surface area contributed by atoms with E-state index in [0.717, 1.165) is 11.3 Å². The van der Waals surface area contributed by atoms with Crippen LogP contribution in [0.1, 0.15) is 12.5 Å². The van der Waals surface area contributed by atoms with E-state index in [1.165, 1.54) is 4.90 Å². The van der Waals surface area contributed by atoms with Crippen molar-refractivity contribution in [2.24, 2.45) is 4.99 Å². The minimum Gasteiger partial charge on any atom is -0.377 e. The topological polar surface area (TPSA) is 52.9 Å². The fraction of sp³-hybridized carbons (Fsp3) is 0.273. The Morgan fingerprint density at radius 3 is 3.00 bits per heavy atom. The standard InChI is InChI=1S/C11H10N2O2/c1-11(15)7-4-2-3-5-8(7)13-9(14)6-12-10(11)13/h2-5,15H,6H2,1H3/t11-/m0/s1. The van der Waals surface area contributed by atoms with Gasteiger partial charge in [-0.05, 0) is 13.0 Å². The molecule has 0 unspecified atom stereocenters. The Morgan fingerprint density at radius 2 is 2.20 bits per heavy atom. The van der Waals surface area contributed by atoms with Crippen molar-refractivity contribution in [3.05, 3.63) is 29.8 Å². The van der Waals surface area contributed by atoms with Gasteiger partial charge in [0.25, 0.3) is 5.91 Å². The number of hydrogen-bond acceptors (Lipinski definition) is 3. The Morgan fingerprint density at radius 1 is 1.47 bits per heavy atom. The molecule has 0 saturated carbocycles. The van der Waals surface area contributed by atoms with E-state index < -0.39 is 5.60 Å². The third-order valence-corrected chi connectivity index (χ3v) is 2.93. The number of nitrogens with zero attached hydrogens (tertiary/aromatic N) is 2. The van der Waals surface area contributed by atoms with E-state index in [9.17, 15) is 9.90 Å². The molecule has 3 rings (SSSR count). The monoisotopic (exact) mass is 202 g/mol. The van der Waals surface area contributed by atoms with Crippen LogP contribution in [0, 0.1) is 0 Å². The SMILES string of the molecule is C[C@@]1(O)C2=NCC(=O)N2c2ccccc21. The van der Waals surface area contributed by atoms with Crippen LogP contribution in [-0.4, -0.2) is 23.4 Å². The first-order valence-corrected chi connectivity index (χ1v) is 4.82. The number of hydrogen-bond donors (Lipinski definition) is 1. The van der Waals surface area contributed by atoms with E-state index in [0.29, 0.717) is 5.84 Å². The van der Waals surface area contributed by atoms with Crippen LogP contribution in [0.15, 0.2) is 29.3 Å². The zero-order chi connectivity index (χ0) is 10.6. The summed E-state index contributed by atoms with van der Waals surface area (Å²) in [6, 6.07) is 7.35. The number of para-hydroxylation sites is 1. The van der Waals surface area contributed by atoms with Crippen LogP contribution in [0.2, 0.25) is 0 Å². The van der Waals surface area contributed by atoms with Crippen molar-refractivity contribution < 1.29 is 9.90 Å². The molecule has 15 heavy (non-hydrogen) atoms. The first kappa shape index (κ1) is 8.61. The number of benzene rings is 1. The van der Waals surface area contributed by atoms with Crippen molar-refractivity contribution in [1.82, 2.24) is 0 Å². The van der Waals surface area contributed by atoms with E-state index in [1.807, 2.05) is 24.3 Å². The minimum atomic E-state index is -1.14. The molecule has 1 N–H and O–H groups in total. The van der Waals surface area contributed by atoms with Gasteiger partial charge in [0.1, 0.15) is 18.0 Å². The predicted molar refractivity (Wildman–Crippen MR) is 55.8 cm³/mol. The van der Waals surface area contributed by atoms with Crippen molar-refractivity contribution in [3.8, 4) is 0 Å². The van der Waals surface area contributed by atoms with Gasteiger partial charge in [-0.15, -0.1) is 0 Å². The Hall–Kier alpha value is -1.68. The van der Waals surface area contributed by atoms with Gasteiger partial charge in [-0.3, -0.25) is 14.7 Å². The summed E-state index contributed by atoms with van der Waals surface area (Å²) in [5.74, 6) is 0.379. The molecule has 0 saturated heterocycles. The molecule has 2 aliphatic heterocycles. The summed E-state index contributed by atoms with van der Waals surface area (Å²) in [5.41, 5.74) is 0.364. The van der Waals surface area contributed by atoms with Crippen LogP contribution in [0.5, 0.6) is 0 Å². The summed E-state index contributed by atoms with van der Waals surface area (Å²) < 4.78 is 0. The highest BCUT2D eigenvalue weighted by Crippen LogP contribution is 2.42. The van der Waals surface area contributed by atoms with Crippen molar-refractivity contribution in [2.45, 2.75) is 12.5 Å². The molecule has 4 nitrogen and oxygen atoms in total. The molecule has 0 bridgehead atoms. The summed E-state index contributed by atoms with van der Waals surface area (Å²) in [7, 11) is 0. The number of amides is 1. The molecule has 0 radical (unpaired) electrons. The summed E-state index contributed by atoms with van der Waals surface area (Å²) in [4.78, 5) is 17.2. The quantitative estimate of drug-likeness (QED) is 0.671. The van der Waals surface area contributed by atoms with Crippen LogP contribution in [0.25, 0.3) is 0 Å². The Balaban J connectivity index is 2.30. The van der Waals surface area contributed by atoms with Gasteiger partial charge < -0.3 is 5.11 Å². The van der Waals surface area contributed by atoms with Crippen molar-refractivity contribution in [2.75, 3.05) is 11.4 Å². The van der Waals surface area contributed by atoms with Gasteiger partial charge in [0.15, 0.2) is 0 Å². The Bertz CT molecular complexity index is 491. The second kappa shape index (κ2) is 2.46. The maximum absolute atomic E-state index is 11.6. The van der Waals surface area contributed by atoms with E-state index in [2.05, 4.69) is 4.99 Å². The summed E-state index contributed by atoms with van der Waals surface area (Å²) in [6.07, 6.45) is 0. The smallest absolute Gasteiger partial charge is 0.254 e. The molecule has 0 fully saturated rings. The first-order valence-electron chi connectivity index (χ1n) is 4.82. The van der Waals surface area contributed by atoms with Gasteiger partial charge in [-0.2, -0.15) is 0 Å². The molecule has 2 aliphatic rings. The number of fused-ring (bicyclic) bond motifs is 3. The second-order valence-corrected chi connectivity index (χ2v) is 3.96. The van der Waals surface area contributed by atoms with Crippen molar-refractivity contribution >= 4 is 17.4 Å². The molecule has 76 valence electrons. The van der Waals surface area contributed by atoms with E-state index in [4.69, 9.17) is 0 Å². The second-order valence-electron chi connectivity index (χ2n) is 3.96. The Kier molecular flexibility index (Phi) is 1.41. The molecular formula is C11H10N2O2. The average Bonchev–Trinajstić information content (AvgIpc) is 2.69. The highest BCUT2D eigenvalue weighted by atomic mass is 16.3. The van der Waals surface area contributed by atoms with Crippen LogP contribution >= 0.6 is 0 Å². The fourth-order valence-electron chi connectivity index (χ4n) is 2.22. The molecule has 0 spiro atoms. The number of amidine groups is 1. The number of aliphatic hydroxyl groups is 1. The zero-order valence-corrected chi connectivity index (χ0v) is 8.27. The lowest BCUT2D eigenvalue weighted by Gasteiger charge is -2.17. The van der Waals surface area contributed by atoms with Gasteiger partial charge in [0.2, 0.25) is 0 Å². The van der Waals surface area contributed by atoms with Crippen LogP contribution < -0.4 is 4.90 Å². The normalized spacial score (nSPS) is 27.7. The predicted octanol–water partition coefficient (Wildman–Crippen LogP) is 0.653. The van der Waals surface area contributed by atoms with E-state index in [-0.39, 0.29) is 12.5 Å². The van der Waals surface area contributed by atoms with Crippen LogP contribution in [0.4, 0.5) is 5.69 Å². The van der Waals surface area contributed by atoms with Crippen molar-refractivity contribution in [3.63, 3.8) is 0 Å². The molecule has 0 aliphatic carbocycles. The number of anilines is 1. The molecular weight excluding hydrogens is 192 g/mol. The lowest BCUT2D eigenvalue weighted by atomic mass is 9.98. The van der Waals surface area contributed by atoms with E-state index in [1.54, 1.807) is 6.92 Å². The molecule has 1 aromatic rings. The molecule has 1 atom stereocenters. The number of rotatable bonds is 0. The third-order valence-electron chi connectivity index (χ3n) is 2.93. The van der Waals surface area contributed by atoms with Gasteiger partial charge >= 0.3 is 0 Å². The number of carbonyl (C=O) groups excluding carboxylic acids is 1. The van der Waals surface area contributed by atoms with Gasteiger partial charge in [-0.1, -0.05) is 18.2 Å². The molecule has 0 aromatic heterocycles. The van der Waals surface area contributed by atoms with E-state index >= 15 is 0 Å². The third kappa shape index (κ3) is 0.894. The summed E-state index contributed by atoms with van der Waals surface area (Å²) >= 11 is 0. The van der Waals surface area contributed by atoms with Crippen LogP contribution in [-0.2, 0) is 10.4 Å². The van der Waals surface area contributed by atoms with Gasteiger partial charge in [-0.25, -0.2) is 0 Å². The van der Waals surface area contributed by atoms with Gasteiger partial charge in [0, 0.05) is 5.56 Å². The summed E-state index contributed by atoms with van der Waals surface area (Å²) in [6.45, 7) is 1.81. The molecule has 2 heterocycles. The lowest BCUT2D eigenvalue weighted by molar-refractivity contribution is -0.115. The average molecular weight is 202 g/mol. The zero-order valence-electron chi connectivity index (χ0n) is 8.27. The number of aliphatic imine (C=N–C) groups is 1. The highest BCUT2D eigenvalue weighted by molar-refractivity contribution is 6.27. The molecule has 1 amide bonds. The molecule has 1 aromatic carbocycles. The maximum Gasteiger partial charge on any atom is 0.254 e. The summed E-state index contributed by atoms with van der Waals surface area (Å²) in [5, 5.41) is 10.3. The minimum absolute atomic E-state index is 0.0739. The lowest BCUT2D eigenvalue weighted by Crippen LogP contribution is -2.37. The van der Waals surface area contributed by atoms with Gasteiger partial charge in [0.05, 0.1) is 5.69 Å². The largest absolute Gasteiger partial charge is 0.377 e. The maximum atomic E-state index is 11.6. The van der Waals surface area contributed by atoms with Crippen molar-refractivity contribution in [1.29, 1.82) is 0 Å². The molecule has 4 heteroatoms. The van der Waals surface area contributed by atoms with Crippen LogP contribution in [0.3, 0.4) is 0 Å².